The highest BCUT2D eigenvalue weighted by atomic mass is 35.5. The summed E-state index contributed by atoms with van der Waals surface area (Å²) >= 11 is 7.57. The first-order chi connectivity index (χ1) is 8.24. The predicted molar refractivity (Wildman–Crippen MR) is 78.1 cm³/mol. The van der Waals surface area contributed by atoms with Crippen LogP contribution in [0.2, 0.25) is 5.02 Å². The highest BCUT2D eigenvalue weighted by Gasteiger charge is 1.96. The van der Waals surface area contributed by atoms with Gasteiger partial charge in [-0.25, -0.2) is 0 Å². The Bertz CT molecular complexity index is 388. The van der Waals surface area contributed by atoms with E-state index >= 15 is 0 Å². The highest BCUT2D eigenvalue weighted by Crippen LogP contribution is 2.28. The summed E-state index contributed by atoms with van der Waals surface area (Å²) in [7, 11) is 0. The minimum Gasteiger partial charge on any atom is -0.0901 e. The van der Waals surface area contributed by atoms with Crippen molar-refractivity contribution < 1.29 is 0 Å². The molecule has 0 bridgehead atoms. The van der Waals surface area contributed by atoms with Crippen LogP contribution in [0.5, 0.6) is 0 Å². The lowest BCUT2D eigenvalue weighted by molar-refractivity contribution is 1.36. The fourth-order valence-electron chi connectivity index (χ4n) is 1.25. The summed E-state index contributed by atoms with van der Waals surface area (Å²) in [6.45, 7) is 6.09. The van der Waals surface area contributed by atoms with Crippen LogP contribution in [0.3, 0.4) is 0 Å². The van der Waals surface area contributed by atoms with Gasteiger partial charge in [-0.3, -0.25) is 0 Å². The van der Waals surface area contributed by atoms with Crippen molar-refractivity contribution in [3.63, 3.8) is 0 Å². The van der Waals surface area contributed by atoms with Crippen LogP contribution in [-0.4, -0.2) is 0 Å². The van der Waals surface area contributed by atoms with Crippen molar-refractivity contribution >= 4 is 23.4 Å². The van der Waals surface area contributed by atoms with Crippen molar-refractivity contribution in [1.29, 1.82) is 0 Å². The van der Waals surface area contributed by atoms with Crippen molar-refractivity contribution in [2.24, 2.45) is 0 Å². The number of aryl methyl sites for hydroxylation is 1. The molecule has 0 saturated carbocycles. The van der Waals surface area contributed by atoms with Gasteiger partial charge in [-0.15, -0.1) is 0 Å². The Morgan fingerprint density at radius 2 is 1.18 bits per heavy atom. The number of benzene rings is 2. The smallest absolute Gasteiger partial charge is 0.0406 e. The highest BCUT2D eigenvalue weighted by molar-refractivity contribution is 7.99. The molecule has 0 N–H and O–H groups in total. The topological polar surface area (TPSA) is 0 Å². The molecule has 0 amide bonds. The standard InChI is InChI=1S/C13H11ClS.C2H6/c1-10-2-6-12(7-3-10)15-13-8-4-11(14)5-9-13;1-2/h2-9H,1H3;1-2H3. The van der Waals surface area contributed by atoms with Gasteiger partial charge in [0.1, 0.15) is 0 Å². The molecular weight excluding hydrogens is 248 g/mol. The third-order valence-corrected chi connectivity index (χ3v) is 3.34. The van der Waals surface area contributed by atoms with Crippen LogP contribution in [0.25, 0.3) is 0 Å². The van der Waals surface area contributed by atoms with Crippen molar-refractivity contribution in [2.75, 3.05) is 0 Å². The van der Waals surface area contributed by atoms with E-state index in [9.17, 15) is 0 Å². The van der Waals surface area contributed by atoms with Gasteiger partial charge < -0.3 is 0 Å². The van der Waals surface area contributed by atoms with Crippen LogP contribution >= 0.6 is 23.4 Å². The zero-order valence-electron chi connectivity index (χ0n) is 10.4. The summed E-state index contributed by atoms with van der Waals surface area (Å²) in [4.78, 5) is 2.46. The molecule has 0 nitrogen and oxygen atoms in total. The van der Waals surface area contributed by atoms with Gasteiger partial charge in [-0.1, -0.05) is 54.9 Å². The quantitative estimate of drug-likeness (QED) is 0.658. The van der Waals surface area contributed by atoms with E-state index in [0.29, 0.717) is 0 Å². The average molecular weight is 265 g/mol. The van der Waals surface area contributed by atoms with Gasteiger partial charge in [0.05, 0.1) is 0 Å². The molecule has 0 heterocycles. The lowest BCUT2D eigenvalue weighted by Gasteiger charge is -2.01. The van der Waals surface area contributed by atoms with Crippen molar-refractivity contribution in [3.05, 3.63) is 59.1 Å². The normalized spacial score (nSPS) is 9.41. The summed E-state index contributed by atoms with van der Waals surface area (Å²) in [6, 6.07) is 16.4. The molecule has 2 heteroatoms. The summed E-state index contributed by atoms with van der Waals surface area (Å²) in [5.41, 5.74) is 1.29. The van der Waals surface area contributed by atoms with E-state index in [2.05, 4.69) is 31.2 Å². The summed E-state index contributed by atoms with van der Waals surface area (Å²) in [6.07, 6.45) is 0. The number of halogens is 1. The van der Waals surface area contributed by atoms with Gasteiger partial charge in [0.25, 0.3) is 0 Å². The van der Waals surface area contributed by atoms with Gasteiger partial charge in [-0.2, -0.15) is 0 Å². The van der Waals surface area contributed by atoms with Gasteiger partial charge in [0.2, 0.25) is 0 Å². The van der Waals surface area contributed by atoms with Crippen LogP contribution in [0.4, 0.5) is 0 Å². The van der Waals surface area contributed by atoms with E-state index in [-0.39, 0.29) is 0 Å². The van der Waals surface area contributed by atoms with Crippen LogP contribution < -0.4 is 0 Å². The molecule has 0 saturated heterocycles. The first-order valence-corrected chi connectivity index (χ1v) is 6.93. The molecule has 2 aromatic carbocycles. The largest absolute Gasteiger partial charge is 0.0901 e. The van der Waals surface area contributed by atoms with E-state index < -0.39 is 0 Å². The van der Waals surface area contributed by atoms with Gasteiger partial charge in [0.15, 0.2) is 0 Å². The number of rotatable bonds is 2. The molecule has 17 heavy (non-hydrogen) atoms. The van der Waals surface area contributed by atoms with E-state index in [1.807, 2.05) is 38.1 Å². The van der Waals surface area contributed by atoms with Crippen LogP contribution in [0.15, 0.2) is 58.3 Å². The third kappa shape index (κ3) is 4.84. The molecule has 0 radical (unpaired) electrons. The molecule has 0 aliphatic carbocycles. The van der Waals surface area contributed by atoms with Crippen molar-refractivity contribution in [3.8, 4) is 0 Å². The van der Waals surface area contributed by atoms with Gasteiger partial charge in [0, 0.05) is 14.8 Å². The van der Waals surface area contributed by atoms with E-state index in [1.165, 1.54) is 15.4 Å². The lowest BCUT2D eigenvalue weighted by Crippen LogP contribution is -1.74. The number of hydrogen-bond donors (Lipinski definition) is 0. The molecule has 0 aliphatic rings. The Morgan fingerprint density at radius 1 is 0.765 bits per heavy atom. The summed E-state index contributed by atoms with van der Waals surface area (Å²) in [5, 5.41) is 0.781. The fraction of sp³-hybridized carbons (Fsp3) is 0.200. The minimum atomic E-state index is 0.781. The Morgan fingerprint density at radius 3 is 1.65 bits per heavy atom. The first-order valence-electron chi connectivity index (χ1n) is 5.74. The monoisotopic (exact) mass is 264 g/mol. The Kier molecular flexibility index (Phi) is 6.17. The zero-order valence-corrected chi connectivity index (χ0v) is 12.0. The second-order valence-electron chi connectivity index (χ2n) is 3.37. The third-order valence-electron chi connectivity index (χ3n) is 2.07. The minimum absolute atomic E-state index is 0.781. The molecule has 90 valence electrons. The van der Waals surface area contributed by atoms with Crippen LogP contribution in [0, 0.1) is 6.92 Å². The zero-order chi connectivity index (χ0) is 12.7. The van der Waals surface area contributed by atoms with Crippen LogP contribution in [-0.2, 0) is 0 Å². The van der Waals surface area contributed by atoms with Gasteiger partial charge >= 0.3 is 0 Å². The van der Waals surface area contributed by atoms with Crippen molar-refractivity contribution in [1.82, 2.24) is 0 Å². The molecule has 0 atom stereocenters. The molecule has 0 aliphatic heterocycles. The van der Waals surface area contributed by atoms with E-state index in [1.54, 1.807) is 11.8 Å². The maximum Gasteiger partial charge on any atom is 0.0406 e. The summed E-state index contributed by atoms with van der Waals surface area (Å²) < 4.78 is 0. The Labute approximate surface area is 113 Å². The maximum absolute atomic E-state index is 5.83. The SMILES string of the molecule is CC.Cc1ccc(Sc2ccc(Cl)cc2)cc1. The van der Waals surface area contributed by atoms with Crippen LogP contribution in [0.1, 0.15) is 19.4 Å². The molecule has 2 rings (SSSR count). The van der Waals surface area contributed by atoms with E-state index in [4.69, 9.17) is 11.6 Å². The predicted octanol–water partition coefficient (Wildman–Crippen LogP) is 5.83. The van der Waals surface area contributed by atoms with Crippen molar-refractivity contribution in [2.45, 2.75) is 30.6 Å². The average Bonchev–Trinajstić information content (AvgIpc) is 2.37. The fourth-order valence-corrected chi connectivity index (χ4v) is 2.19. The van der Waals surface area contributed by atoms with E-state index in [0.717, 1.165) is 5.02 Å². The first kappa shape index (κ1) is 14.1. The van der Waals surface area contributed by atoms with Gasteiger partial charge in [-0.05, 0) is 43.3 Å². The Balaban J connectivity index is 0.000000686. The second kappa shape index (κ2) is 7.41. The molecule has 0 aromatic heterocycles. The number of hydrogen-bond acceptors (Lipinski definition) is 1. The molecule has 0 unspecified atom stereocenters. The molecule has 0 spiro atoms. The second-order valence-corrected chi connectivity index (χ2v) is 4.95. The molecule has 2 aromatic rings. The maximum atomic E-state index is 5.83. The summed E-state index contributed by atoms with van der Waals surface area (Å²) in [5.74, 6) is 0. The Hall–Kier alpha value is -0.920. The molecular formula is C15H17ClS. The molecule has 0 fully saturated rings. The lowest BCUT2D eigenvalue weighted by atomic mass is 10.2.